The van der Waals surface area contributed by atoms with Gasteiger partial charge in [-0.15, -0.1) is 0 Å². The maximum atomic E-state index is 11.6. The van der Waals surface area contributed by atoms with E-state index in [0.29, 0.717) is 6.04 Å². The van der Waals surface area contributed by atoms with Crippen molar-refractivity contribution in [2.24, 2.45) is 5.73 Å². The molecule has 0 aromatic rings. The van der Waals surface area contributed by atoms with Crippen LogP contribution in [0.4, 0.5) is 0 Å². The summed E-state index contributed by atoms with van der Waals surface area (Å²) in [6.45, 7) is 5.06. The summed E-state index contributed by atoms with van der Waals surface area (Å²) in [7, 11) is 0. The van der Waals surface area contributed by atoms with E-state index in [9.17, 15) is 4.79 Å². The Labute approximate surface area is 91.2 Å². The molecule has 2 atom stereocenters. The van der Waals surface area contributed by atoms with Crippen molar-refractivity contribution in [1.82, 2.24) is 10.2 Å². The van der Waals surface area contributed by atoms with E-state index in [2.05, 4.69) is 10.2 Å². The molecule has 3 N–H and O–H groups in total. The molecule has 2 saturated heterocycles. The number of hydrogen-bond acceptors (Lipinski definition) is 3. The number of nitrogens with one attached hydrogen (secondary N) is 1. The zero-order chi connectivity index (χ0) is 10.9. The second-order valence-corrected chi connectivity index (χ2v) is 4.76. The molecule has 0 aromatic heterocycles. The van der Waals surface area contributed by atoms with Crippen molar-refractivity contribution in [3.05, 3.63) is 0 Å². The van der Waals surface area contributed by atoms with Crippen LogP contribution in [0.15, 0.2) is 0 Å². The number of amides is 1. The third-order valence-electron chi connectivity index (χ3n) is 3.90. The molecule has 0 aliphatic carbocycles. The van der Waals surface area contributed by atoms with Crippen LogP contribution in [0, 0.1) is 0 Å². The fraction of sp³-hybridized carbons (Fsp3) is 0.909. The highest BCUT2D eigenvalue weighted by Crippen LogP contribution is 2.32. The average Bonchev–Trinajstić information content (AvgIpc) is 2.64. The van der Waals surface area contributed by atoms with Crippen LogP contribution in [0.1, 0.15) is 32.6 Å². The average molecular weight is 211 g/mol. The van der Waals surface area contributed by atoms with Gasteiger partial charge in [0.25, 0.3) is 0 Å². The zero-order valence-electron chi connectivity index (χ0n) is 9.46. The topological polar surface area (TPSA) is 58.4 Å². The lowest BCUT2D eigenvalue weighted by Crippen LogP contribution is -2.62. The van der Waals surface area contributed by atoms with E-state index in [1.807, 2.05) is 6.92 Å². The van der Waals surface area contributed by atoms with Crippen LogP contribution in [0.5, 0.6) is 0 Å². The number of nitrogens with zero attached hydrogens (tertiary/aromatic N) is 1. The van der Waals surface area contributed by atoms with Crippen LogP contribution >= 0.6 is 0 Å². The normalized spacial score (nSPS) is 36.5. The number of piperidine rings is 1. The summed E-state index contributed by atoms with van der Waals surface area (Å²) in [5.74, 6) is -0.170. The van der Waals surface area contributed by atoms with Gasteiger partial charge in [0.2, 0.25) is 5.91 Å². The Morgan fingerprint density at radius 1 is 1.60 bits per heavy atom. The van der Waals surface area contributed by atoms with Crippen LogP contribution in [0.2, 0.25) is 0 Å². The largest absolute Gasteiger partial charge is 0.368 e. The number of nitrogens with two attached hydrogens (primary N) is 1. The first-order valence-corrected chi connectivity index (χ1v) is 5.97. The number of primary amides is 1. The van der Waals surface area contributed by atoms with Gasteiger partial charge in [0, 0.05) is 12.6 Å². The molecule has 2 aliphatic rings. The van der Waals surface area contributed by atoms with Crippen molar-refractivity contribution in [3.8, 4) is 0 Å². The highest BCUT2D eigenvalue weighted by Gasteiger charge is 2.44. The number of rotatable bonds is 3. The summed E-state index contributed by atoms with van der Waals surface area (Å²) in [5.41, 5.74) is 5.12. The monoisotopic (exact) mass is 211 g/mol. The van der Waals surface area contributed by atoms with Gasteiger partial charge in [0.05, 0.1) is 0 Å². The molecule has 0 bridgehead atoms. The van der Waals surface area contributed by atoms with Gasteiger partial charge in [-0.05, 0) is 38.8 Å². The summed E-state index contributed by atoms with van der Waals surface area (Å²) in [4.78, 5) is 14.1. The number of carbonyl (C=O) groups is 1. The minimum absolute atomic E-state index is 0.170. The Bertz CT molecular complexity index is 256. The predicted octanol–water partition coefficient (Wildman–Crippen LogP) is 0.0782. The molecule has 2 rings (SSSR count). The van der Waals surface area contributed by atoms with E-state index in [1.165, 1.54) is 19.4 Å². The van der Waals surface area contributed by atoms with Gasteiger partial charge in [-0.2, -0.15) is 0 Å². The summed E-state index contributed by atoms with van der Waals surface area (Å²) >= 11 is 0. The van der Waals surface area contributed by atoms with E-state index < -0.39 is 5.54 Å². The van der Waals surface area contributed by atoms with Gasteiger partial charge < -0.3 is 16.0 Å². The molecular formula is C11H21N3O. The third kappa shape index (κ3) is 1.88. The molecule has 2 heterocycles. The molecule has 0 radical (unpaired) electrons. The van der Waals surface area contributed by atoms with Crippen LogP contribution in [0.25, 0.3) is 0 Å². The maximum Gasteiger partial charge on any atom is 0.237 e. The smallest absolute Gasteiger partial charge is 0.237 e. The van der Waals surface area contributed by atoms with E-state index in [1.54, 1.807) is 0 Å². The lowest BCUT2D eigenvalue weighted by atomic mass is 9.82. The highest BCUT2D eigenvalue weighted by atomic mass is 16.1. The maximum absolute atomic E-state index is 11.6. The van der Waals surface area contributed by atoms with E-state index in [0.717, 1.165) is 25.9 Å². The Hall–Kier alpha value is -0.610. The first kappa shape index (κ1) is 10.9. The Balaban J connectivity index is 2.10. The van der Waals surface area contributed by atoms with Gasteiger partial charge in [-0.25, -0.2) is 0 Å². The van der Waals surface area contributed by atoms with E-state index in [-0.39, 0.29) is 5.91 Å². The van der Waals surface area contributed by atoms with Crippen LogP contribution in [-0.4, -0.2) is 42.0 Å². The number of likely N-dealkylation sites (N-methyl/N-ethyl adjacent to an activating group) is 1. The molecule has 15 heavy (non-hydrogen) atoms. The number of hydrogen-bond donors (Lipinski definition) is 2. The Kier molecular flexibility index (Phi) is 2.98. The van der Waals surface area contributed by atoms with Crippen LogP contribution < -0.4 is 11.1 Å². The van der Waals surface area contributed by atoms with Crippen molar-refractivity contribution in [1.29, 1.82) is 0 Å². The molecule has 0 spiro atoms. The first-order valence-electron chi connectivity index (χ1n) is 5.97. The third-order valence-corrected chi connectivity index (χ3v) is 3.90. The molecule has 0 saturated carbocycles. The second-order valence-electron chi connectivity index (χ2n) is 4.76. The predicted molar refractivity (Wildman–Crippen MR) is 59.4 cm³/mol. The quantitative estimate of drug-likeness (QED) is 0.695. The van der Waals surface area contributed by atoms with Crippen molar-refractivity contribution in [3.63, 3.8) is 0 Å². The number of fused-ring (bicyclic) bond motifs is 1. The molecule has 0 aromatic carbocycles. The Morgan fingerprint density at radius 3 is 3.07 bits per heavy atom. The molecule has 4 heteroatoms. The van der Waals surface area contributed by atoms with Crippen molar-refractivity contribution < 1.29 is 4.79 Å². The lowest BCUT2D eigenvalue weighted by molar-refractivity contribution is -0.127. The van der Waals surface area contributed by atoms with E-state index >= 15 is 0 Å². The van der Waals surface area contributed by atoms with Gasteiger partial charge in [0.15, 0.2) is 0 Å². The van der Waals surface area contributed by atoms with Gasteiger partial charge >= 0.3 is 0 Å². The number of carbonyl (C=O) groups excluding carboxylic acids is 1. The summed E-state index contributed by atoms with van der Waals surface area (Å²) in [6.07, 6.45) is 4.26. The molecule has 1 amide bonds. The fourth-order valence-corrected chi connectivity index (χ4v) is 3.07. The van der Waals surface area contributed by atoms with Crippen molar-refractivity contribution >= 4 is 5.91 Å². The fourth-order valence-electron chi connectivity index (χ4n) is 3.07. The standard InChI is InChI=1S/C11H21N3O/c1-2-13-11(10(12)15)5-7-14-6-3-4-9(14)8-11/h9,13H,2-8H2,1H3,(H2,12,15). The molecule has 2 aliphatic heterocycles. The molecule has 4 nitrogen and oxygen atoms in total. The molecular weight excluding hydrogens is 190 g/mol. The highest BCUT2D eigenvalue weighted by molar-refractivity contribution is 5.85. The Morgan fingerprint density at radius 2 is 2.40 bits per heavy atom. The molecule has 2 unspecified atom stereocenters. The minimum atomic E-state index is -0.430. The minimum Gasteiger partial charge on any atom is -0.368 e. The molecule has 2 fully saturated rings. The van der Waals surface area contributed by atoms with Crippen molar-refractivity contribution in [2.75, 3.05) is 19.6 Å². The van der Waals surface area contributed by atoms with Crippen molar-refractivity contribution in [2.45, 2.75) is 44.2 Å². The van der Waals surface area contributed by atoms with Crippen LogP contribution in [-0.2, 0) is 4.79 Å². The van der Waals surface area contributed by atoms with Gasteiger partial charge in [0.1, 0.15) is 5.54 Å². The summed E-state index contributed by atoms with van der Waals surface area (Å²) in [5, 5.41) is 3.31. The molecule has 86 valence electrons. The van der Waals surface area contributed by atoms with Gasteiger partial charge in [-0.1, -0.05) is 6.92 Å². The summed E-state index contributed by atoms with van der Waals surface area (Å²) in [6, 6.07) is 0.574. The van der Waals surface area contributed by atoms with Crippen LogP contribution in [0.3, 0.4) is 0 Å². The second kappa shape index (κ2) is 4.10. The SMILES string of the molecule is CCNC1(C(N)=O)CCN2CCCC2C1. The zero-order valence-corrected chi connectivity index (χ0v) is 9.46. The first-order chi connectivity index (χ1) is 7.18. The summed E-state index contributed by atoms with van der Waals surface area (Å²) < 4.78 is 0. The lowest BCUT2D eigenvalue weighted by Gasteiger charge is -2.42. The van der Waals surface area contributed by atoms with E-state index in [4.69, 9.17) is 5.73 Å². The van der Waals surface area contributed by atoms with Gasteiger partial charge in [-0.3, -0.25) is 4.79 Å².